The highest BCUT2D eigenvalue weighted by Crippen LogP contribution is 2.09. The monoisotopic (exact) mass is 506 g/mol. The van der Waals surface area contributed by atoms with Crippen molar-refractivity contribution in [1.29, 1.82) is 0 Å². The molecule has 2 aromatic carbocycles. The van der Waals surface area contributed by atoms with Gasteiger partial charge in [-0.3, -0.25) is 14.4 Å². The molecule has 0 bridgehead atoms. The molecular formula is C22H29Cl3N2O5. The van der Waals surface area contributed by atoms with E-state index in [1.807, 2.05) is 24.3 Å². The van der Waals surface area contributed by atoms with Crippen LogP contribution >= 0.6 is 35.6 Å². The summed E-state index contributed by atoms with van der Waals surface area (Å²) in [6, 6.07) is 14.3. The minimum atomic E-state index is -0.248. The highest BCUT2D eigenvalue weighted by Gasteiger charge is 1.99. The highest BCUT2D eigenvalue weighted by atomic mass is 35.5. The van der Waals surface area contributed by atoms with Crippen LogP contribution in [0, 0.1) is 0 Å². The third-order valence-electron chi connectivity index (χ3n) is 3.56. The lowest BCUT2D eigenvalue weighted by Crippen LogP contribution is -2.18. The molecule has 7 nitrogen and oxygen atoms in total. The van der Waals surface area contributed by atoms with Crippen molar-refractivity contribution in [2.75, 3.05) is 27.3 Å². The number of benzene rings is 2. The SMILES string of the molecule is COC(=O)CCN.COC(=O)CCNCc1ccc(Cl)cc1.Cl.O=Cc1ccc(Cl)cc1. The van der Waals surface area contributed by atoms with E-state index in [1.165, 1.54) is 14.2 Å². The zero-order valence-corrected chi connectivity index (χ0v) is 20.3. The third-order valence-corrected chi connectivity index (χ3v) is 4.06. The number of methoxy groups -OCH3 is 2. The Hall–Kier alpha value is -2.16. The fourth-order valence-corrected chi connectivity index (χ4v) is 2.14. The van der Waals surface area contributed by atoms with Crippen molar-refractivity contribution in [1.82, 2.24) is 5.32 Å². The van der Waals surface area contributed by atoms with E-state index in [2.05, 4.69) is 14.8 Å². The summed E-state index contributed by atoms with van der Waals surface area (Å²) >= 11 is 11.3. The summed E-state index contributed by atoms with van der Waals surface area (Å²) in [6.07, 6.45) is 1.50. The number of rotatable bonds is 8. The number of ether oxygens (including phenoxy) is 2. The van der Waals surface area contributed by atoms with E-state index in [0.29, 0.717) is 36.5 Å². The number of nitrogens with two attached hydrogens (primary N) is 1. The Morgan fingerprint density at radius 2 is 1.38 bits per heavy atom. The van der Waals surface area contributed by atoms with Gasteiger partial charge in [-0.25, -0.2) is 0 Å². The zero-order chi connectivity index (χ0) is 23.5. The van der Waals surface area contributed by atoms with Crippen LogP contribution in [0.5, 0.6) is 0 Å². The molecule has 0 saturated carbocycles. The van der Waals surface area contributed by atoms with E-state index in [-0.39, 0.29) is 24.3 Å². The van der Waals surface area contributed by atoms with Crippen LogP contribution in [-0.4, -0.2) is 45.5 Å². The molecule has 2 rings (SSSR count). The molecule has 3 N–H and O–H groups in total. The summed E-state index contributed by atoms with van der Waals surface area (Å²) in [6.45, 7) is 1.72. The first-order chi connectivity index (χ1) is 14.9. The van der Waals surface area contributed by atoms with Gasteiger partial charge in [0.25, 0.3) is 0 Å². The molecule has 0 unspecified atom stereocenters. The fourth-order valence-electron chi connectivity index (χ4n) is 1.89. The second-order valence-corrected chi connectivity index (χ2v) is 6.79. The molecular weight excluding hydrogens is 479 g/mol. The average molecular weight is 508 g/mol. The summed E-state index contributed by atoms with van der Waals surface area (Å²) in [4.78, 5) is 31.0. The topological polar surface area (TPSA) is 108 Å². The number of nitrogens with one attached hydrogen (secondary N) is 1. The molecule has 0 fully saturated rings. The second-order valence-electron chi connectivity index (χ2n) is 5.91. The molecule has 0 heterocycles. The van der Waals surface area contributed by atoms with E-state index in [1.54, 1.807) is 24.3 Å². The molecule has 32 heavy (non-hydrogen) atoms. The molecule has 0 aliphatic heterocycles. The Bertz CT molecular complexity index is 772. The van der Waals surface area contributed by atoms with E-state index in [4.69, 9.17) is 28.9 Å². The minimum absolute atomic E-state index is 0. The zero-order valence-electron chi connectivity index (χ0n) is 18.0. The summed E-state index contributed by atoms with van der Waals surface area (Å²) in [5, 5.41) is 4.53. The van der Waals surface area contributed by atoms with Crippen molar-refractivity contribution in [3.05, 3.63) is 69.7 Å². The standard InChI is InChI=1S/C11H14ClNO2.C7H5ClO.C4H9NO2.ClH/c1-15-11(14)6-7-13-8-9-2-4-10(12)5-3-9;8-7-3-1-6(5-9)2-4-7;1-7-4(6)2-3-5;/h2-5,13H,6-8H2,1H3;1-5H;2-3,5H2,1H3;1H. The lowest BCUT2D eigenvalue weighted by molar-refractivity contribution is -0.141. The van der Waals surface area contributed by atoms with E-state index >= 15 is 0 Å². The molecule has 0 amide bonds. The highest BCUT2D eigenvalue weighted by molar-refractivity contribution is 6.30. The van der Waals surface area contributed by atoms with Crippen LogP contribution in [0.2, 0.25) is 10.0 Å². The summed E-state index contributed by atoms with van der Waals surface area (Å²) in [5.41, 5.74) is 6.80. The quantitative estimate of drug-likeness (QED) is 0.315. The van der Waals surface area contributed by atoms with Crippen LogP contribution < -0.4 is 11.1 Å². The Morgan fingerprint density at radius 3 is 1.78 bits per heavy atom. The van der Waals surface area contributed by atoms with Gasteiger partial charge >= 0.3 is 11.9 Å². The largest absolute Gasteiger partial charge is 0.469 e. The van der Waals surface area contributed by atoms with Crippen molar-refractivity contribution in [3.63, 3.8) is 0 Å². The summed E-state index contributed by atoms with van der Waals surface area (Å²) in [7, 11) is 2.74. The lowest BCUT2D eigenvalue weighted by Gasteiger charge is -2.04. The van der Waals surface area contributed by atoms with Gasteiger partial charge in [-0.05, 0) is 29.8 Å². The van der Waals surface area contributed by atoms with E-state index < -0.39 is 0 Å². The van der Waals surface area contributed by atoms with Crippen LogP contribution in [0.3, 0.4) is 0 Å². The number of halogens is 3. The molecule has 0 atom stereocenters. The molecule has 0 radical (unpaired) electrons. The molecule has 0 spiro atoms. The van der Waals surface area contributed by atoms with E-state index in [0.717, 1.165) is 23.4 Å². The number of aldehydes is 1. The van der Waals surface area contributed by atoms with Crippen molar-refractivity contribution in [2.24, 2.45) is 5.73 Å². The van der Waals surface area contributed by atoms with Crippen LogP contribution in [0.4, 0.5) is 0 Å². The summed E-state index contributed by atoms with van der Waals surface area (Å²) in [5.74, 6) is -0.443. The first kappa shape index (κ1) is 32.0. The number of hydrogen-bond acceptors (Lipinski definition) is 7. The lowest BCUT2D eigenvalue weighted by atomic mass is 10.2. The normalized spacial score (nSPS) is 9.03. The number of hydrogen-bond donors (Lipinski definition) is 2. The maximum atomic E-state index is 10.8. The second kappa shape index (κ2) is 20.7. The minimum Gasteiger partial charge on any atom is -0.469 e. The predicted octanol–water partition coefficient (Wildman–Crippen LogP) is 4.08. The third kappa shape index (κ3) is 17.5. The van der Waals surface area contributed by atoms with Gasteiger partial charge < -0.3 is 20.5 Å². The average Bonchev–Trinajstić information content (AvgIpc) is 2.79. The van der Waals surface area contributed by atoms with Gasteiger partial charge in [0.05, 0.1) is 27.1 Å². The van der Waals surface area contributed by atoms with Gasteiger partial charge in [0, 0.05) is 35.2 Å². The Labute approximate surface area is 205 Å². The molecule has 0 aromatic heterocycles. The first-order valence-electron chi connectivity index (χ1n) is 9.35. The van der Waals surface area contributed by atoms with Gasteiger partial charge in [0.1, 0.15) is 6.29 Å². The fraction of sp³-hybridized carbons (Fsp3) is 0.318. The van der Waals surface area contributed by atoms with Crippen molar-refractivity contribution in [2.45, 2.75) is 19.4 Å². The number of carbonyl (C=O) groups is 3. The maximum Gasteiger partial charge on any atom is 0.306 e. The molecule has 0 aliphatic carbocycles. The van der Waals surface area contributed by atoms with Gasteiger partial charge in [-0.1, -0.05) is 47.5 Å². The number of carbonyl (C=O) groups excluding carboxylic acids is 3. The van der Waals surface area contributed by atoms with E-state index in [9.17, 15) is 14.4 Å². The van der Waals surface area contributed by atoms with Gasteiger partial charge in [0.2, 0.25) is 0 Å². The summed E-state index contributed by atoms with van der Waals surface area (Å²) < 4.78 is 8.79. The molecule has 0 saturated heterocycles. The van der Waals surface area contributed by atoms with Gasteiger partial charge in [-0.2, -0.15) is 0 Å². The Balaban J connectivity index is 0. The van der Waals surface area contributed by atoms with Crippen LogP contribution in [0.15, 0.2) is 48.5 Å². The smallest absolute Gasteiger partial charge is 0.306 e. The van der Waals surface area contributed by atoms with Crippen molar-refractivity contribution in [3.8, 4) is 0 Å². The van der Waals surface area contributed by atoms with Crippen LogP contribution in [-0.2, 0) is 25.6 Å². The molecule has 0 aliphatic rings. The molecule has 2 aromatic rings. The van der Waals surface area contributed by atoms with Gasteiger partial charge in [-0.15, -0.1) is 12.4 Å². The molecule has 10 heteroatoms. The van der Waals surface area contributed by atoms with Crippen molar-refractivity contribution < 1.29 is 23.9 Å². The maximum absolute atomic E-state index is 10.8. The number of esters is 2. The van der Waals surface area contributed by atoms with Crippen molar-refractivity contribution >= 4 is 53.8 Å². The van der Waals surface area contributed by atoms with Crippen LogP contribution in [0.25, 0.3) is 0 Å². The predicted molar refractivity (Wildman–Crippen MR) is 130 cm³/mol. The van der Waals surface area contributed by atoms with Gasteiger partial charge in [0.15, 0.2) is 0 Å². The van der Waals surface area contributed by atoms with Crippen LogP contribution in [0.1, 0.15) is 28.8 Å². The first-order valence-corrected chi connectivity index (χ1v) is 10.1. The Morgan fingerprint density at radius 1 is 0.906 bits per heavy atom. The molecule has 178 valence electrons. The Kier molecular flexibility index (Phi) is 20.7.